The van der Waals surface area contributed by atoms with Crippen LogP contribution in [0.5, 0.6) is 11.5 Å². The third-order valence-corrected chi connectivity index (χ3v) is 5.99. The molecule has 0 bridgehead atoms. The van der Waals surface area contributed by atoms with Crippen LogP contribution in [0.15, 0.2) is 67.0 Å². The first-order valence-electron chi connectivity index (χ1n) is 11.4. The largest absolute Gasteiger partial charge is 0.492 e. The number of benzene rings is 2. The zero-order chi connectivity index (χ0) is 22.2. The van der Waals surface area contributed by atoms with Crippen LogP contribution in [0.25, 0.3) is 0 Å². The van der Waals surface area contributed by atoms with Gasteiger partial charge in [0.15, 0.2) is 0 Å². The van der Waals surface area contributed by atoms with E-state index in [-0.39, 0.29) is 0 Å². The SMILES string of the molecule is Cc1ccc(OCC2(O)CCCN(Cc3cccc(OCCn4cccn4)c3)CC2)cc1. The molecule has 6 heteroatoms. The van der Waals surface area contributed by atoms with Crippen molar-refractivity contribution in [2.75, 3.05) is 26.3 Å². The predicted octanol–water partition coefficient (Wildman–Crippen LogP) is 4.07. The van der Waals surface area contributed by atoms with E-state index in [2.05, 4.69) is 29.1 Å². The van der Waals surface area contributed by atoms with E-state index < -0.39 is 5.60 Å². The number of aryl methyl sites for hydroxylation is 1. The van der Waals surface area contributed by atoms with Crippen molar-refractivity contribution in [2.24, 2.45) is 0 Å². The maximum Gasteiger partial charge on any atom is 0.119 e. The quantitative estimate of drug-likeness (QED) is 0.549. The topological polar surface area (TPSA) is 59.8 Å². The molecule has 1 saturated heterocycles. The molecule has 1 aromatic heterocycles. The summed E-state index contributed by atoms with van der Waals surface area (Å²) in [6.45, 7) is 6.37. The van der Waals surface area contributed by atoms with Gasteiger partial charge in [0.1, 0.15) is 24.7 Å². The number of likely N-dealkylation sites (tertiary alicyclic amines) is 1. The lowest BCUT2D eigenvalue weighted by molar-refractivity contribution is -0.0168. The average Bonchev–Trinajstić information content (AvgIpc) is 3.24. The van der Waals surface area contributed by atoms with Crippen LogP contribution in [-0.4, -0.2) is 51.7 Å². The predicted molar refractivity (Wildman–Crippen MR) is 125 cm³/mol. The Balaban J connectivity index is 1.25. The third-order valence-electron chi connectivity index (χ3n) is 5.99. The number of rotatable bonds is 9. The molecule has 32 heavy (non-hydrogen) atoms. The van der Waals surface area contributed by atoms with E-state index in [9.17, 15) is 5.11 Å². The third kappa shape index (κ3) is 6.58. The Morgan fingerprint density at radius 3 is 2.69 bits per heavy atom. The highest BCUT2D eigenvalue weighted by Crippen LogP contribution is 2.25. The van der Waals surface area contributed by atoms with Crippen molar-refractivity contribution in [2.45, 2.75) is 44.9 Å². The smallest absolute Gasteiger partial charge is 0.119 e. The average molecular weight is 436 g/mol. The molecule has 1 N–H and O–H groups in total. The first kappa shape index (κ1) is 22.4. The molecule has 3 aromatic rings. The Hall–Kier alpha value is -2.83. The van der Waals surface area contributed by atoms with Gasteiger partial charge in [0.2, 0.25) is 0 Å². The van der Waals surface area contributed by atoms with Crippen LogP contribution in [0.3, 0.4) is 0 Å². The van der Waals surface area contributed by atoms with Crippen LogP contribution in [0.1, 0.15) is 30.4 Å². The summed E-state index contributed by atoms with van der Waals surface area (Å²) in [4.78, 5) is 2.41. The Morgan fingerprint density at radius 1 is 1.00 bits per heavy atom. The Kier molecular flexibility index (Phi) is 7.45. The summed E-state index contributed by atoms with van der Waals surface area (Å²) in [7, 11) is 0. The number of hydrogen-bond acceptors (Lipinski definition) is 5. The second kappa shape index (κ2) is 10.7. The minimum absolute atomic E-state index is 0.337. The zero-order valence-corrected chi connectivity index (χ0v) is 18.8. The number of nitrogens with zero attached hydrogens (tertiary/aromatic N) is 3. The summed E-state index contributed by atoms with van der Waals surface area (Å²) < 4.78 is 13.7. The molecule has 1 atom stereocenters. The van der Waals surface area contributed by atoms with E-state index in [1.165, 1.54) is 11.1 Å². The molecule has 2 aromatic carbocycles. The van der Waals surface area contributed by atoms with Crippen LogP contribution in [0.2, 0.25) is 0 Å². The van der Waals surface area contributed by atoms with Crippen molar-refractivity contribution in [3.8, 4) is 11.5 Å². The Morgan fingerprint density at radius 2 is 1.88 bits per heavy atom. The fraction of sp³-hybridized carbons (Fsp3) is 0.423. The van der Waals surface area contributed by atoms with Crippen LogP contribution >= 0.6 is 0 Å². The molecule has 0 amide bonds. The highest BCUT2D eigenvalue weighted by Gasteiger charge is 2.31. The summed E-state index contributed by atoms with van der Waals surface area (Å²) in [5, 5.41) is 15.3. The van der Waals surface area contributed by atoms with Gasteiger partial charge in [-0.15, -0.1) is 0 Å². The normalized spacial score (nSPS) is 19.4. The first-order valence-corrected chi connectivity index (χ1v) is 11.4. The lowest BCUT2D eigenvalue weighted by Crippen LogP contribution is -2.37. The van der Waals surface area contributed by atoms with E-state index in [1.54, 1.807) is 6.20 Å². The van der Waals surface area contributed by atoms with Crippen LogP contribution < -0.4 is 9.47 Å². The van der Waals surface area contributed by atoms with Gasteiger partial charge in [-0.05, 0) is 68.6 Å². The highest BCUT2D eigenvalue weighted by atomic mass is 16.5. The Bertz CT molecular complexity index is 959. The molecule has 0 radical (unpaired) electrons. The summed E-state index contributed by atoms with van der Waals surface area (Å²) in [5.74, 6) is 1.70. The monoisotopic (exact) mass is 435 g/mol. The molecular weight excluding hydrogens is 402 g/mol. The number of aromatic nitrogens is 2. The summed E-state index contributed by atoms with van der Waals surface area (Å²) in [6.07, 6.45) is 6.13. The maximum atomic E-state index is 11.1. The molecule has 6 nitrogen and oxygen atoms in total. The number of hydrogen-bond donors (Lipinski definition) is 1. The molecule has 2 heterocycles. The van der Waals surface area contributed by atoms with Gasteiger partial charge in [-0.2, -0.15) is 5.10 Å². The first-order chi connectivity index (χ1) is 15.6. The zero-order valence-electron chi connectivity index (χ0n) is 18.8. The van der Waals surface area contributed by atoms with Gasteiger partial charge in [0, 0.05) is 25.5 Å². The lowest BCUT2D eigenvalue weighted by Gasteiger charge is -2.27. The molecular formula is C26H33N3O3. The second-order valence-electron chi connectivity index (χ2n) is 8.72. The van der Waals surface area contributed by atoms with Crippen molar-refractivity contribution in [3.05, 3.63) is 78.1 Å². The minimum atomic E-state index is -0.781. The van der Waals surface area contributed by atoms with Gasteiger partial charge in [-0.3, -0.25) is 9.58 Å². The fourth-order valence-corrected chi connectivity index (χ4v) is 4.07. The summed E-state index contributed by atoms with van der Waals surface area (Å²) >= 11 is 0. The van der Waals surface area contributed by atoms with E-state index in [0.717, 1.165) is 50.5 Å². The molecule has 0 saturated carbocycles. The van der Waals surface area contributed by atoms with Gasteiger partial charge >= 0.3 is 0 Å². The van der Waals surface area contributed by atoms with E-state index in [1.807, 2.05) is 53.3 Å². The molecule has 170 valence electrons. The van der Waals surface area contributed by atoms with Crippen LogP contribution in [0, 0.1) is 6.92 Å². The van der Waals surface area contributed by atoms with E-state index in [4.69, 9.17) is 9.47 Å². The number of ether oxygens (including phenoxy) is 2. The number of aliphatic hydroxyl groups is 1. The standard InChI is InChI=1S/C26H33N3O3/c1-22-7-9-24(10-8-22)32-21-26(30)11-3-14-28(16-12-26)20-23-5-2-6-25(19-23)31-18-17-29-15-4-13-27-29/h2,4-10,13,15,19,30H,3,11-12,14,16-18,20-21H2,1H3. The molecule has 1 fully saturated rings. The molecule has 4 rings (SSSR count). The summed E-state index contributed by atoms with van der Waals surface area (Å²) in [6, 6.07) is 18.2. The Labute approximate surface area is 190 Å². The van der Waals surface area contributed by atoms with Gasteiger partial charge in [-0.25, -0.2) is 0 Å². The molecule has 1 aliphatic heterocycles. The van der Waals surface area contributed by atoms with Crippen molar-refractivity contribution in [1.82, 2.24) is 14.7 Å². The van der Waals surface area contributed by atoms with Gasteiger partial charge in [0.05, 0.1) is 12.1 Å². The van der Waals surface area contributed by atoms with E-state index >= 15 is 0 Å². The van der Waals surface area contributed by atoms with Crippen molar-refractivity contribution >= 4 is 0 Å². The highest BCUT2D eigenvalue weighted by molar-refractivity contribution is 5.28. The molecule has 1 unspecified atom stereocenters. The summed E-state index contributed by atoms with van der Waals surface area (Å²) in [5.41, 5.74) is 1.65. The van der Waals surface area contributed by atoms with Gasteiger partial charge in [0.25, 0.3) is 0 Å². The van der Waals surface area contributed by atoms with E-state index in [0.29, 0.717) is 19.6 Å². The fourth-order valence-electron chi connectivity index (χ4n) is 4.07. The van der Waals surface area contributed by atoms with Crippen molar-refractivity contribution in [1.29, 1.82) is 0 Å². The van der Waals surface area contributed by atoms with Gasteiger partial charge < -0.3 is 14.6 Å². The molecule has 0 aliphatic carbocycles. The molecule has 0 spiro atoms. The molecule has 1 aliphatic rings. The van der Waals surface area contributed by atoms with Crippen LogP contribution in [0.4, 0.5) is 0 Å². The van der Waals surface area contributed by atoms with Crippen molar-refractivity contribution < 1.29 is 14.6 Å². The van der Waals surface area contributed by atoms with Gasteiger partial charge in [-0.1, -0.05) is 29.8 Å². The van der Waals surface area contributed by atoms with Crippen molar-refractivity contribution in [3.63, 3.8) is 0 Å². The minimum Gasteiger partial charge on any atom is -0.492 e. The lowest BCUT2D eigenvalue weighted by atomic mass is 9.96. The maximum absolute atomic E-state index is 11.1. The second-order valence-corrected chi connectivity index (χ2v) is 8.72. The van der Waals surface area contributed by atoms with Crippen LogP contribution in [-0.2, 0) is 13.1 Å².